The lowest BCUT2D eigenvalue weighted by Crippen LogP contribution is -2.42. The zero-order chi connectivity index (χ0) is 11.4. The van der Waals surface area contributed by atoms with Crippen molar-refractivity contribution in [3.63, 3.8) is 0 Å². The van der Waals surface area contributed by atoms with E-state index in [2.05, 4.69) is 0 Å². The molecule has 1 heterocycles. The normalized spacial score (nSPS) is 28.1. The first-order chi connectivity index (χ1) is 7.13. The molecule has 3 atom stereocenters. The van der Waals surface area contributed by atoms with Gasteiger partial charge in [0.05, 0.1) is 6.04 Å². The van der Waals surface area contributed by atoms with Gasteiger partial charge < -0.3 is 20.1 Å². The molecule has 0 aliphatic carbocycles. The van der Waals surface area contributed by atoms with E-state index in [4.69, 9.17) is 15.2 Å². The van der Waals surface area contributed by atoms with Crippen molar-refractivity contribution in [1.82, 2.24) is 4.90 Å². The number of ether oxygens (including phenoxy) is 2. The van der Waals surface area contributed by atoms with Gasteiger partial charge in [-0.1, -0.05) is 6.92 Å². The molecule has 5 nitrogen and oxygen atoms in total. The average Bonchev–Trinajstić information content (AvgIpc) is 2.69. The Hall–Kier alpha value is -0.650. The highest BCUT2D eigenvalue weighted by Crippen LogP contribution is 2.16. The summed E-state index contributed by atoms with van der Waals surface area (Å²) in [4.78, 5) is 13.5. The number of hydrogen-bond donors (Lipinski definition) is 1. The Kier molecular flexibility index (Phi) is 4.50. The minimum absolute atomic E-state index is 0.0147. The number of amides is 1. The molecular formula is C10H20N2O3. The van der Waals surface area contributed by atoms with E-state index in [0.29, 0.717) is 19.5 Å². The second-order valence-electron chi connectivity index (χ2n) is 3.81. The molecule has 1 aliphatic rings. The summed E-state index contributed by atoms with van der Waals surface area (Å²) in [5.41, 5.74) is 5.70. The second kappa shape index (κ2) is 5.44. The first-order valence-corrected chi connectivity index (χ1v) is 5.24. The lowest BCUT2D eigenvalue weighted by Gasteiger charge is -2.19. The average molecular weight is 216 g/mol. The summed E-state index contributed by atoms with van der Waals surface area (Å²) >= 11 is 0. The molecule has 1 rings (SSSR count). The summed E-state index contributed by atoms with van der Waals surface area (Å²) in [6, 6.07) is -0.405. The predicted molar refractivity (Wildman–Crippen MR) is 56.4 cm³/mol. The van der Waals surface area contributed by atoms with Gasteiger partial charge in [0.1, 0.15) is 12.2 Å². The number of nitrogens with zero attached hydrogens (tertiary/aromatic N) is 1. The van der Waals surface area contributed by atoms with Crippen LogP contribution in [-0.4, -0.2) is 56.4 Å². The summed E-state index contributed by atoms with van der Waals surface area (Å²) in [5.74, 6) is -0.0147. The molecule has 0 saturated carbocycles. The Labute approximate surface area is 90.5 Å². The fraction of sp³-hybridized carbons (Fsp3) is 0.900. The third-order valence-corrected chi connectivity index (χ3v) is 2.89. The van der Waals surface area contributed by atoms with Crippen molar-refractivity contribution >= 4 is 5.91 Å². The molecule has 1 fully saturated rings. The molecule has 5 heteroatoms. The molecule has 2 N–H and O–H groups in total. The predicted octanol–water partition coefficient (Wildman–Crippen LogP) is -0.404. The van der Waals surface area contributed by atoms with Crippen molar-refractivity contribution in [2.24, 2.45) is 5.73 Å². The fourth-order valence-electron chi connectivity index (χ4n) is 1.79. The Bertz CT molecular complexity index is 211. The Morgan fingerprint density at radius 2 is 1.87 bits per heavy atom. The summed E-state index contributed by atoms with van der Waals surface area (Å²) in [6.07, 6.45) is 0.580. The van der Waals surface area contributed by atoms with E-state index < -0.39 is 6.04 Å². The lowest BCUT2D eigenvalue weighted by molar-refractivity contribution is -0.132. The van der Waals surface area contributed by atoms with E-state index in [1.807, 2.05) is 6.92 Å². The number of methoxy groups -OCH3 is 2. The third kappa shape index (κ3) is 2.68. The van der Waals surface area contributed by atoms with Crippen LogP contribution in [0.15, 0.2) is 0 Å². The van der Waals surface area contributed by atoms with Gasteiger partial charge in [-0.3, -0.25) is 4.79 Å². The van der Waals surface area contributed by atoms with Gasteiger partial charge in [-0.05, 0) is 6.42 Å². The topological polar surface area (TPSA) is 64.8 Å². The van der Waals surface area contributed by atoms with Crippen LogP contribution in [-0.2, 0) is 14.3 Å². The standard InChI is InChI=1S/C10H20N2O3/c1-4-7(11)10(13)12-5-8(14-2)9(6-12)15-3/h7-9H,4-6,11H2,1-3H3/t7-,8?,9?/m0/s1. The fourth-order valence-corrected chi connectivity index (χ4v) is 1.79. The van der Waals surface area contributed by atoms with E-state index in [9.17, 15) is 4.79 Å². The zero-order valence-electron chi connectivity index (χ0n) is 9.60. The molecule has 0 bridgehead atoms. The van der Waals surface area contributed by atoms with Gasteiger partial charge in [-0.25, -0.2) is 0 Å². The van der Waals surface area contributed by atoms with E-state index in [1.54, 1.807) is 19.1 Å². The minimum atomic E-state index is -0.405. The molecule has 0 aromatic carbocycles. The largest absolute Gasteiger partial charge is 0.377 e. The molecule has 0 aromatic heterocycles. The maximum atomic E-state index is 11.8. The molecule has 2 unspecified atom stereocenters. The van der Waals surface area contributed by atoms with E-state index in [0.717, 1.165) is 0 Å². The first-order valence-electron chi connectivity index (χ1n) is 5.24. The van der Waals surface area contributed by atoms with Gasteiger partial charge in [0.2, 0.25) is 5.91 Å². The molecule has 0 aromatic rings. The second-order valence-corrected chi connectivity index (χ2v) is 3.81. The molecule has 1 aliphatic heterocycles. The molecule has 0 spiro atoms. The van der Waals surface area contributed by atoms with Crippen molar-refractivity contribution in [3.05, 3.63) is 0 Å². The third-order valence-electron chi connectivity index (χ3n) is 2.89. The van der Waals surface area contributed by atoms with Gasteiger partial charge >= 0.3 is 0 Å². The highest BCUT2D eigenvalue weighted by molar-refractivity contribution is 5.82. The van der Waals surface area contributed by atoms with E-state index in [1.165, 1.54) is 0 Å². The number of carbonyl (C=O) groups is 1. The molecule has 1 amide bonds. The van der Waals surface area contributed by atoms with Crippen molar-refractivity contribution in [2.45, 2.75) is 31.6 Å². The quantitative estimate of drug-likeness (QED) is 0.694. The highest BCUT2D eigenvalue weighted by Gasteiger charge is 2.36. The highest BCUT2D eigenvalue weighted by atomic mass is 16.5. The van der Waals surface area contributed by atoms with E-state index >= 15 is 0 Å². The van der Waals surface area contributed by atoms with Crippen LogP contribution in [0.25, 0.3) is 0 Å². The summed E-state index contributed by atoms with van der Waals surface area (Å²) < 4.78 is 10.5. The van der Waals surface area contributed by atoms with Crippen LogP contribution in [0.2, 0.25) is 0 Å². The van der Waals surface area contributed by atoms with Crippen LogP contribution >= 0.6 is 0 Å². The van der Waals surface area contributed by atoms with Crippen LogP contribution in [0, 0.1) is 0 Å². The molecule has 15 heavy (non-hydrogen) atoms. The van der Waals surface area contributed by atoms with Crippen molar-refractivity contribution in [2.75, 3.05) is 27.3 Å². The summed E-state index contributed by atoms with van der Waals surface area (Å²) in [6.45, 7) is 3.04. The maximum Gasteiger partial charge on any atom is 0.239 e. The Morgan fingerprint density at radius 3 is 2.20 bits per heavy atom. The Balaban J connectivity index is 2.56. The number of carbonyl (C=O) groups excluding carboxylic acids is 1. The maximum absolute atomic E-state index is 11.8. The van der Waals surface area contributed by atoms with Crippen LogP contribution < -0.4 is 5.73 Å². The molecule has 88 valence electrons. The van der Waals surface area contributed by atoms with Crippen LogP contribution in [0.4, 0.5) is 0 Å². The van der Waals surface area contributed by atoms with Crippen LogP contribution in [0.1, 0.15) is 13.3 Å². The molecule has 0 radical (unpaired) electrons. The summed E-state index contributed by atoms with van der Waals surface area (Å²) in [7, 11) is 3.26. The van der Waals surface area contributed by atoms with Crippen molar-refractivity contribution in [3.8, 4) is 0 Å². The number of rotatable bonds is 4. The van der Waals surface area contributed by atoms with Crippen LogP contribution in [0.5, 0.6) is 0 Å². The molecular weight excluding hydrogens is 196 g/mol. The van der Waals surface area contributed by atoms with Crippen molar-refractivity contribution < 1.29 is 14.3 Å². The number of nitrogens with two attached hydrogens (primary N) is 1. The van der Waals surface area contributed by atoms with Crippen molar-refractivity contribution in [1.29, 1.82) is 0 Å². The van der Waals surface area contributed by atoms with Crippen LogP contribution in [0.3, 0.4) is 0 Å². The number of hydrogen-bond acceptors (Lipinski definition) is 4. The Morgan fingerprint density at radius 1 is 1.40 bits per heavy atom. The number of likely N-dealkylation sites (tertiary alicyclic amines) is 1. The smallest absolute Gasteiger partial charge is 0.239 e. The SMILES string of the molecule is CC[C@H](N)C(=O)N1CC(OC)C(OC)C1. The van der Waals surface area contributed by atoms with Gasteiger partial charge in [-0.2, -0.15) is 0 Å². The summed E-state index contributed by atoms with van der Waals surface area (Å²) in [5, 5.41) is 0. The van der Waals surface area contributed by atoms with E-state index in [-0.39, 0.29) is 18.1 Å². The van der Waals surface area contributed by atoms with Gasteiger partial charge in [0, 0.05) is 27.3 Å². The molecule has 1 saturated heterocycles. The minimum Gasteiger partial charge on any atom is -0.377 e. The monoisotopic (exact) mass is 216 g/mol. The zero-order valence-corrected chi connectivity index (χ0v) is 9.60. The van der Waals surface area contributed by atoms with Gasteiger partial charge in [-0.15, -0.1) is 0 Å². The van der Waals surface area contributed by atoms with Gasteiger partial charge in [0.15, 0.2) is 0 Å². The van der Waals surface area contributed by atoms with Gasteiger partial charge in [0.25, 0.3) is 0 Å². The lowest BCUT2D eigenvalue weighted by atomic mass is 10.2. The first kappa shape index (κ1) is 12.4.